The van der Waals surface area contributed by atoms with Gasteiger partial charge in [0.1, 0.15) is 0 Å². The largest absolute Gasteiger partial charge is 0.390 e. The van der Waals surface area contributed by atoms with Crippen molar-refractivity contribution < 1.29 is 9.84 Å². The van der Waals surface area contributed by atoms with Crippen LogP contribution < -0.4 is 0 Å². The molecule has 0 saturated carbocycles. The Morgan fingerprint density at radius 3 is 3.21 bits per heavy atom. The van der Waals surface area contributed by atoms with Crippen LogP contribution in [0.5, 0.6) is 0 Å². The molecule has 3 atom stereocenters. The van der Waals surface area contributed by atoms with Crippen LogP contribution in [0, 0.1) is 5.92 Å². The third kappa shape index (κ3) is 2.71. The first-order valence-electron chi connectivity index (χ1n) is 7.33. The summed E-state index contributed by atoms with van der Waals surface area (Å²) in [7, 11) is 0. The smallest absolute Gasteiger partial charge is 0.0706 e. The Balaban J connectivity index is 1.71. The minimum atomic E-state index is -0.580. The van der Waals surface area contributed by atoms with Gasteiger partial charge in [-0.25, -0.2) is 0 Å². The number of aromatic nitrogens is 1. The zero-order chi connectivity index (χ0) is 13.3. The molecule has 3 unspecified atom stereocenters. The fraction of sp³-hybridized carbons (Fsp3) is 0.733. The van der Waals surface area contributed by atoms with Crippen LogP contribution in [0.2, 0.25) is 0 Å². The molecule has 0 bridgehead atoms. The summed E-state index contributed by atoms with van der Waals surface area (Å²) < 4.78 is 5.62. The van der Waals surface area contributed by atoms with E-state index >= 15 is 0 Å². The van der Waals surface area contributed by atoms with Crippen LogP contribution >= 0.6 is 0 Å². The molecule has 0 amide bonds. The first-order valence-corrected chi connectivity index (χ1v) is 7.33. The highest BCUT2D eigenvalue weighted by Gasteiger charge is 2.43. The summed E-state index contributed by atoms with van der Waals surface area (Å²) in [4.78, 5) is 5.62. The predicted molar refractivity (Wildman–Crippen MR) is 73.8 cm³/mol. The van der Waals surface area contributed by atoms with Gasteiger partial charge in [-0.15, -0.1) is 0 Å². The van der Waals surface area contributed by atoms with Crippen LogP contribution in [0.3, 0.4) is 0 Å². The van der Waals surface area contributed by atoms with Crippen LogP contribution in [0.1, 0.15) is 31.7 Å². The monoisotopic (exact) mass is 264 g/mol. The molecule has 2 N–H and O–H groups in total. The predicted octanol–water partition coefficient (Wildman–Crippen LogP) is 1.77. The fourth-order valence-electron chi connectivity index (χ4n) is 3.57. The van der Waals surface area contributed by atoms with Gasteiger partial charge in [-0.3, -0.25) is 4.90 Å². The van der Waals surface area contributed by atoms with E-state index in [2.05, 4.69) is 22.1 Å². The minimum absolute atomic E-state index is 0.239. The molecule has 2 aliphatic rings. The van der Waals surface area contributed by atoms with Crippen molar-refractivity contribution in [2.75, 3.05) is 19.8 Å². The van der Waals surface area contributed by atoms with Gasteiger partial charge in [0.15, 0.2) is 0 Å². The molecule has 1 aromatic rings. The molecule has 0 radical (unpaired) electrons. The zero-order valence-electron chi connectivity index (χ0n) is 11.6. The van der Waals surface area contributed by atoms with Gasteiger partial charge in [0.2, 0.25) is 0 Å². The molecule has 2 aliphatic heterocycles. The van der Waals surface area contributed by atoms with Crippen molar-refractivity contribution in [2.45, 2.75) is 44.4 Å². The number of nitrogens with one attached hydrogen (secondary N) is 1. The highest BCUT2D eigenvalue weighted by Crippen LogP contribution is 2.36. The number of nitrogens with zero attached hydrogens (tertiary/aromatic N) is 1. The van der Waals surface area contributed by atoms with Crippen LogP contribution in [0.4, 0.5) is 0 Å². The van der Waals surface area contributed by atoms with Gasteiger partial charge in [0.05, 0.1) is 12.2 Å². The fourth-order valence-corrected chi connectivity index (χ4v) is 3.57. The van der Waals surface area contributed by atoms with Crippen molar-refractivity contribution in [3.63, 3.8) is 0 Å². The Bertz CT molecular complexity index is 402. The van der Waals surface area contributed by atoms with Crippen molar-refractivity contribution in [3.8, 4) is 0 Å². The molecule has 4 nitrogen and oxygen atoms in total. The van der Waals surface area contributed by atoms with Gasteiger partial charge in [-0.1, -0.05) is 0 Å². The Morgan fingerprint density at radius 1 is 1.58 bits per heavy atom. The molecule has 3 heterocycles. The van der Waals surface area contributed by atoms with Gasteiger partial charge in [-0.2, -0.15) is 0 Å². The van der Waals surface area contributed by atoms with Gasteiger partial charge in [0, 0.05) is 37.5 Å². The Morgan fingerprint density at radius 2 is 2.47 bits per heavy atom. The molecule has 19 heavy (non-hydrogen) atoms. The van der Waals surface area contributed by atoms with Crippen LogP contribution in [-0.4, -0.2) is 46.4 Å². The standard InChI is InChI=1S/C15H24N2O2/c1-15(18)5-8-19-11-13(15)14-3-2-7-17(14)10-12-4-6-16-9-12/h4,6,9,13-14,16,18H,2-3,5,7-8,10-11H2,1H3. The van der Waals surface area contributed by atoms with Crippen molar-refractivity contribution in [1.29, 1.82) is 0 Å². The van der Waals surface area contributed by atoms with E-state index in [4.69, 9.17) is 4.74 Å². The molecule has 2 fully saturated rings. The Labute approximate surface area is 114 Å². The first kappa shape index (κ1) is 13.2. The number of H-pyrrole nitrogens is 1. The quantitative estimate of drug-likeness (QED) is 0.874. The van der Waals surface area contributed by atoms with Gasteiger partial charge < -0.3 is 14.8 Å². The number of rotatable bonds is 3. The molecule has 2 saturated heterocycles. The molecular formula is C15H24N2O2. The van der Waals surface area contributed by atoms with Gasteiger partial charge >= 0.3 is 0 Å². The summed E-state index contributed by atoms with van der Waals surface area (Å²) in [5, 5.41) is 10.6. The highest BCUT2D eigenvalue weighted by atomic mass is 16.5. The summed E-state index contributed by atoms with van der Waals surface area (Å²) in [6.07, 6.45) is 7.19. The second-order valence-corrected chi connectivity index (χ2v) is 6.19. The van der Waals surface area contributed by atoms with Crippen molar-refractivity contribution in [2.24, 2.45) is 5.92 Å². The van der Waals surface area contributed by atoms with E-state index in [9.17, 15) is 5.11 Å². The highest BCUT2D eigenvalue weighted by molar-refractivity contribution is 5.09. The molecule has 0 aliphatic carbocycles. The van der Waals surface area contributed by atoms with Crippen molar-refractivity contribution in [3.05, 3.63) is 24.0 Å². The summed E-state index contributed by atoms with van der Waals surface area (Å²) in [6, 6.07) is 2.58. The maximum Gasteiger partial charge on any atom is 0.0706 e. The summed E-state index contributed by atoms with van der Waals surface area (Å²) in [5.41, 5.74) is 0.743. The zero-order valence-corrected chi connectivity index (χ0v) is 11.6. The number of aromatic amines is 1. The summed E-state index contributed by atoms with van der Waals surface area (Å²) in [5.74, 6) is 0.239. The Kier molecular flexibility index (Phi) is 3.65. The molecule has 4 heteroatoms. The van der Waals surface area contributed by atoms with Crippen LogP contribution in [0.15, 0.2) is 18.5 Å². The summed E-state index contributed by atoms with van der Waals surface area (Å²) in [6.45, 7) is 5.46. The second-order valence-electron chi connectivity index (χ2n) is 6.19. The van der Waals surface area contributed by atoms with E-state index in [-0.39, 0.29) is 5.92 Å². The van der Waals surface area contributed by atoms with E-state index in [0.29, 0.717) is 19.3 Å². The lowest BCUT2D eigenvalue weighted by molar-refractivity contribution is -0.123. The molecular weight excluding hydrogens is 240 g/mol. The van der Waals surface area contributed by atoms with Crippen LogP contribution in [-0.2, 0) is 11.3 Å². The van der Waals surface area contributed by atoms with E-state index in [1.807, 2.05) is 13.1 Å². The maximum atomic E-state index is 10.6. The lowest BCUT2D eigenvalue weighted by atomic mass is 9.79. The molecule has 3 rings (SSSR count). The Hall–Kier alpha value is -0.840. The average Bonchev–Trinajstić information content (AvgIpc) is 3.01. The van der Waals surface area contributed by atoms with E-state index < -0.39 is 5.60 Å². The van der Waals surface area contributed by atoms with Crippen molar-refractivity contribution >= 4 is 0 Å². The number of hydrogen-bond donors (Lipinski definition) is 2. The van der Waals surface area contributed by atoms with Crippen LogP contribution in [0.25, 0.3) is 0 Å². The lowest BCUT2D eigenvalue weighted by Gasteiger charge is -2.43. The van der Waals surface area contributed by atoms with E-state index in [1.165, 1.54) is 18.4 Å². The summed E-state index contributed by atoms with van der Waals surface area (Å²) >= 11 is 0. The first-order chi connectivity index (χ1) is 9.17. The SMILES string of the molecule is CC1(O)CCOCC1C1CCCN1Cc1cc[nH]c1. The average molecular weight is 264 g/mol. The third-order valence-corrected chi connectivity index (χ3v) is 4.78. The topological polar surface area (TPSA) is 48.5 Å². The van der Waals surface area contributed by atoms with E-state index in [1.54, 1.807) is 0 Å². The minimum Gasteiger partial charge on any atom is -0.390 e. The van der Waals surface area contributed by atoms with Gasteiger partial charge in [-0.05, 0) is 44.4 Å². The second kappa shape index (κ2) is 5.27. The van der Waals surface area contributed by atoms with Crippen molar-refractivity contribution in [1.82, 2.24) is 9.88 Å². The number of likely N-dealkylation sites (tertiary alicyclic amines) is 1. The molecule has 0 spiro atoms. The third-order valence-electron chi connectivity index (χ3n) is 4.78. The van der Waals surface area contributed by atoms with Gasteiger partial charge in [0.25, 0.3) is 0 Å². The lowest BCUT2D eigenvalue weighted by Crippen LogP contribution is -2.52. The molecule has 0 aromatic carbocycles. The molecule has 1 aromatic heterocycles. The number of aliphatic hydroxyl groups is 1. The normalized spacial score (nSPS) is 36.7. The maximum absolute atomic E-state index is 10.6. The number of ether oxygens (including phenoxy) is 1. The molecule has 106 valence electrons. The van der Waals surface area contributed by atoms with E-state index in [0.717, 1.165) is 19.5 Å². The number of hydrogen-bond acceptors (Lipinski definition) is 3.